The van der Waals surface area contributed by atoms with E-state index < -0.39 is 12.0 Å². The molecule has 0 bridgehead atoms. The number of rotatable bonds is 3. The number of hydrogen-bond acceptors (Lipinski definition) is 3. The van der Waals surface area contributed by atoms with Gasteiger partial charge in [-0.15, -0.1) is 0 Å². The normalized spacial score (nSPS) is 11.8. The van der Waals surface area contributed by atoms with Crippen LogP contribution in [-0.2, 0) is 11.2 Å². The smallest absolute Gasteiger partial charge is 0.320 e. The lowest BCUT2D eigenvalue weighted by molar-refractivity contribution is -0.138. The van der Waals surface area contributed by atoms with Gasteiger partial charge in [0.15, 0.2) is 0 Å². The highest BCUT2D eigenvalue weighted by Crippen LogP contribution is 2.17. The molecule has 0 aromatic heterocycles. The minimum atomic E-state index is -1.06. The van der Waals surface area contributed by atoms with Crippen molar-refractivity contribution in [2.45, 2.75) is 12.5 Å². The van der Waals surface area contributed by atoms with Crippen LogP contribution in [-0.4, -0.2) is 17.1 Å². The molecule has 0 unspecified atom stereocenters. The molecule has 1 aromatic carbocycles. The highest BCUT2D eigenvalue weighted by atomic mass is 35.5. The topological polar surface area (TPSA) is 87.1 Å². The molecule has 0 fully saturated rings. The molecule has 0 spiro atoms. The number of nitrogens with two attached hydrogens (primary N) is 1. The SMILES string of the molecule is N#Cc1ccc(C[C@H](N)C(=O)O)cc1Cl. The minimum absolute atomic E-state index is 0.195. The van der Waals surface area contributed by atoms with Gasteiger partial charge >= 0.3 is 5.97 Å². The van der Waals surface area contributed by atoms with E-state index in [4.69, 9.17) is 27.7 Å². The first-order valence-corrected chi connectivity index (χ1v) is 4.59. The van der Waals surface area contributed by atoms with Crippen LogP contribution < -0.4 is 5.73 Å². The van der Waals surface area contributed by atoms with E-state index in [1.807, 2.05) is 6.07 Å². The monoisotopic (exact) mass is 224 g/mol. The van der Waals surface area contributed by atoms with Gasteiger partial charge in [0.2, 0.25) is 0 Å². The number of carbonyl (C=O) groups is 1. The molecule has 0 aliphatic heterocycles. The van der Waals surface area contributed by atoms with E-state index in [1.165, 1.54) is 0 Å². The number of hydrogen-bond donors (Lipinski definition) is 2. The lowest BCUT2D eigenvalue weighted by Gasteiger charge is -2.06. The van der Waals surface area contributed by atoms with Gasteiger partial charge in [0.05, 0.1) is 10.6 Å². The van der Waals surface area contributed by atoms with Crippen LogP contribution in [0.15, 0.2) is 18.2 Å². The van der Waals surface area contributed by atoms with Gasteiger partial charge in [-0.2, -0.15) is 5.26 Å². The Labute approximate surface area is 91.9 Å². The van der Waals surface area contributed by atoms with Gasteiger partial charge in [0.1, 0.15) is 12.1 Å². The van der Waals surface area contributed by atoms with Crippen molar-refractivity contribution in [1.29, 1.82) is 5.26 Å². The quantitative estimate of drug-likeness (QED) is 0.807. The number of nitrogens with zero attached hydrogens (tertiary/aromatic N) is 1. The number of carboxylic acids is 1. The van der Waals surface area contributed by atoms with Crippen molar-refractivity contribution in [3.05, 3.63) is 34.3 Å². The molecule has 1 aromatic rings. The number of aliphatic carboxylic acids is 1. The van der Waals surface area contributed by atoms with Crippen molar-refractivity contribution >= 4 is 17.6 Å². The third-order valence-electron chi connectivity index (χ3n) is 1.93. The summed E-state index contributed by atoms with van der Waals surface area (Å²) in [6, 6.07) is 5.72. The first kappa shape index (κ1) is 11.5. The van der Waals surface area contributed by atoms with Crippen molar-refractivity contribution in [2.24, 2.45) is 5.73 Å². The van der Waals surface area contributed by atoms with E-state index in [1.54, 1.807) is 18.2 Å². The predicted molar refractivity (Wildman–Crippen MR) is 55.5 cm³/mol. The summed E-state index contributed by atoms with van der Waals surface area (Å²) in [6.45, 7) is 0. The zero-order valence-electron chi connectivity index (χ0n) is 7.77. The van der Waals surface area contributed by atoms with Gasteiger partial charge < -0.3 is 10.8 Å². The third kappa shape index (κ3) is 2.94. The van der Waals surface area contributed by atoms with Crippen LogP contribution in [0.25, 0.3) is 0 Å². The van der Waals surface area contributed by atoms with Crippen molar-refractivity contribution in [1.82, 2.24) is 0 Å². The lowest BCUT2D eigenvalue weighted by atomic mass is 10.1. The number of carboxylic acid groups (broad SMARTS) is 1. The molecule has 0 aliphatic carbocycles. The summed E-state index contributed by atoms with van der Waals surface area (Å²) in [4.78, 5) is 10.5. The number of halogens is 1. The molecule has 0 radical (unpaired) electrons. The van der Waals surface area contributed by atoms with Crippen LogP contribution in [0.5, 0.6) is 0 Å². The summed E-state index contributed by atoms with van der Waals surface area (Å²) in [5.41, 5.74) is 6.43. The molecular formula is C10H9ClN2O2. The van der Waals surface area contributed by atoms with E-state index in [0.29, 0.717) is 16.1 Å². The molecule has 78 valence electrons. The van der Waals surface area contributed by atoms with Gasteiger partial charge in [0, 0.05) is 0 Å². The molecule has 3 N–H and O–H groups in total. The predicted octanol–water partition coefficient (Wildman–Crippen LogP) is 1.17. The summed E-state index contributed by atoms with van der Waals surface area (Å²) in [7, 11) is 0. The van der Waals surface area contributed by atoms with Gasteiger partial charge in [-0.3, -0.25) is 4.79 Å². The summed E-state index contributed by atoms with van der Waals surface area (Å²) in [5, 5.41) is 17.5. The first-order chi connectivity index (χ1) is 7.04. The standard InChI is InChI=1S/C10H9ClN2O2/c11-8-3-6(1-2-7(8)5-12)4-9(13)10(14)15/h1-3,9H,4,13H2,(H,14,15)/t9-/m0/s1. The minimum Gasteiger partial charge on any atom is -0.480 e. The molecule has 4 nitrogen and oxygen atoms in total. The van der Waals surface area contributed by atoms with Crippen molar-refractivity contribution in [3.8, 4) is 6.07 Å². The first-order valence-electron chi connectivity index (χ1n) is 4.21. The van der Waals surface area contributed by atoms with Crippen LogP contribution in [0.2, 0.25) is 5.02 Å². The fraction of sp³-hybridized carbons (Fsp3) is 0.200. The van der Waals surface area contributed by atoms with E-state index in [9.17, 15) is 4.79 Å². The Morgan fingerprint density at radius 3 is 2.80 bits per heavy atom. The largest absolute Gasteiger partial charge is 0.480 e. The van der Waals surface area contributed by atoms with Gasteiger partial charge in [-0.1, -0.05) is 17.7 Å². The van der Waals surface area contributed by atoms with E-state index in [-0.39, 0.29) is 6.42 Å². The average Bonchev–Trinajstić information content (AvgIpc) is 2.18. The van der Waals surface area contributed by atoms with Crippen LogP contribution in [0, 0.1) is 11.3 Å². The zero-order valence-corrected chi connectivity index (χ0v) is 8.53. The summed E-state index contributed by atoms with van der Waals surface area (Å²) >= 11 is 5.78. The Morgan fingerprint density at radius 2 is 2.33 bits per heavy atom. The molecule has 0 saturated carbocycles. The second kappa shape index (κ2) is 4.78. The maximum absolute atomic E-state index is 10.5. The maximum atomic E-state index is 10.5. The van der Waals surface area contributed by atoms with Gasteiger partial charge in [0.25, 0.3) is 0 Å². The van der Waals surface area contributed by atoms with E-state index >= 15 is 0 Å². The molecule has 1 rings (SSSR count). The molecular weight excluding hydrogens is 216 g/mol. The van der Waals surface area contributed by atoms with E-state index in [2.05, 4.69) is 0 Å². The fourth-order valence-corrected chi connectivity index (χ4v) is 1.36. The molecule has 5 heteroatoms. The Morgan fingerprint density at radius 1 is 1.67 bits per heavy atom. The third-order valence-corrected chi connectivity index (χ3v) is 2.24. The average molecular weight is 225 g/mol. The Hall–Kier alpha value is -1.57. The second-order valence-electron chi connectivity index (χ2n) is 3.07. The Balaban J connectivity index is 2.85. The fourth-order valence-electron chi connectivity index (χ4n) is 1.12. The number of benzene rings is 1. The van der Waals surface area contributed by atoms with Crippen LogP contribution in [0.3, 0.4) is 0 Å². The van der Waals surface area contributed by atoms with Gasteiger partial charge in [-0.25, -0.2) is 0 Å². The molecule has 1 atom stereocenters. The van der Waals surface area contributed by atoms with Crippen molar-refractivity contribution in [2.75, 3.05) is 0 Å². The van der Waals surface area contributed by atoms with Gasteiger partial charge in [-0.05, 0) is 24.1 Å². The summed E-state index contributed by atoms with van der Waals surface area (Å²) < 4.78 is 0. The zero-order chi connectivity index (χ0) is 11.4. The van der Waals surface area contributed by atoms with Crippen LogP contribution in [0.1, 0.15) is 11.1 Å². The van der Waals surface area contributed by atoms with E-state index in [0.717, 1.165) is 0 Å². The molecule has 0 saturated heterocycles. The Kier molecular flexibility index (Phi) is 3.67. The Bertz CT molecular complexity index is 426. The van der Waals surface area contributed by atoms with Crippen LogP contribution >= 0.6 is 11.6 Å². The molecule has 0 amide bonds. The molecule has 0 heterocycles. The molecule has 15 heavy (non-hydrogen) atoms. The molecule has 0 aliphatic rings. The van der Waals surface area contributed by atoms with Crippen LogP contribution in [0.4, 0.5) is 0 Å². The summed E-state index contributed by atoms with van der Waals surface area (Å²) in [6.07, 6.45) is 0.195. The highest BCUT2D eigenvalue weighted by Gasteiger charge is 2.12. The second-order valence-corrected chi connectivity index (χ2v) is 3.48. The summed E-state index contributed by atoms with van der Waals surface area (Å²) in [5.74, 6) is -1.06. The lowest BCUT2D eigenvalue weighted by Crippen LogP contribution is -2.32. The highest BCUT2D eigenvalue weighted by molar-refractivity contribution is 6.31. The maximum Gasteiger partial charge on any atom is 0.320 e. The number of nitriles is 1. The van der Waals surface area contributed by atoms with Crippen molar-refractivity contribution < 1.29 is 9.90 Å². The van der Waals surface area contributed by atoms with Crippen molar-refractivity contribution in [3.63, 3.8) is 0 Å².